The SMILES string of the molecule is Cc1ccc(Sc2c(/C=N/NC(=O)c3ccncc3)c(C)nn2-c2ccc(C)cc2)cc1. The maximum Gasteiger partial charge on any atom is 0.271 e. The molecule has 0 unspecified atom stereocenters. The lowest BCUT2D eigenvalue weighted by molar-refractivity contribution is 0.0955. The molecule has 0 radical (unpaired) electrons. The van der Waals surface area contributed by atoms with E-state index in [0.29, 0.717) is 5.56 Å². The molecule has 7 heteroatoms. The highest BCUT2D eigenvalue weighted by atomic mass is 32.2. The summed E-state index contributed by atoms with van der Waals surface area (Å²) in [4.78, 5) is 17.3. The number of benzene rings is 2. The Hall–Kier alpha value is -3.71. The van der Waals surface area contributed by atoms with Crippen molar-refractivity contribution in [3.05, 3.63) is 101 Å². The van der Waals surface area contributed by atoms with Crippen molar-refractivity contribution >= 4 is 23.9 Å². The number of rotatable bonds is 6. The lowest BCUT2D eigenvalue weighted by Gasteiger charge is -2.09. The molecule has 1 N–H and O–H groups in total. The minimum absolute atomic E-state index is 0.292. The first-order valence-corrected chi connectivity index (χ1v) is 11.0. The topological polar surface area (TPSA) is 72.2 Å². The van der Waals surface area contributed by atoms with Crippen LogP contribution in [-0.4, -0.2) is 26.9 Å². The summed E-state index contributed by atoms with van der Waals surface area (Å²) in [6.45, 7) is 6.07. The summed E-state index contributed by atoms with van der Waals surface area (Å²) in [5.74, 6) is -0.292. The largest absolute Gasteiger partial charge is 0.271 e. The fourth-order valence-corrected chi connectivity index (χ4v) is 4.11. The maximum absolute atomic E-state index is 12.3. The van der Waals surface area contributed by atoms with Crippen molar-refractivity contribution in [1.29, 1.82) is 0 Å². The molecule has 0 aliphatic carbocycles. The lowest BCUT2D eigenvalue weighted by atomic mass is 10.2. The Morgan fingerprint density at radius 3 is 2.22 bits per heavy atom. The molecule has 2 aromatic carbocycles. The Morgan fingerprint density at radius 2 is 1.56 bits per heavy atom. The number of amides is 1. The van der Waals surface area contributed by atoms with E-state index < -0.39 is 0 Å². The van der Waals surface area contributed by atoms with Crippen molar-refractivity contribution < 1.29 is 4.79 Å². The van der Waals surface area contributed by atoms with Gasteiger partial charge in [-0.15, -0.1) is 0 Å². The number of hydrogen-bond acceptors (Lipinski definition) is 5. The molecule has 0 aliphatic rings. The van der Waals surface area contributed by atoms with Gasteiger partial charge in [0.1, 0.15) is 5.03 Å². The van der Waals surface area contributed by atoms with E-state index >= 15 is 0 Å². The smallest absolute Gasteiger partial charge is 0.267 e. The monoisotopic (exact) mass is 441 g/mol. The van der Waals surface area contributed by atoms with Crippen molar-refractivity contribution in [2.24, 2.45) is 5.10 Å². The molecule has 160 valence electrons. The summed E-state index contributed by atoms with van der Waals surface area (Å²) < 4.78 is 1.92. The summed E-state index contributed by atoms with van der Waals surface area (Å²) in [6, 6.07) is 19.9. The van der Waals surface area contributed by atoms with E-state index in [4.69, 9.17) is 5.10 Å². The van der Waals surface area contributed by atoms with E-state index in [9.17, 15) is 4.79 Å². The van der Waals surface area contributed by atoms with Gasteiger partial charge in [0.25, 0.3) is 5.91 Å². The van der Waals surface area contributed by atoms with Gasteiger partial charge in [0.2, 0.25) is 0 Å². The highest BCUT2D eigenvalue weighted by Gasteiger charge is 2.17. The van der Waals surface area contributed by atoms with Gasteiger partial charge in [-0.3, -0.25) is 9.78 Å². The summed E-state index contributed by atoms with van der Waals surface area (Å²) >= 11 is 1.61. The van der Waals surface area contributed by atoms with Crippen LogP contribution in [0.5, 0.6) is 0 Å². The van der Waals surface area contributed by atoms with E-state index in [1.807, 2.05) is 23.7 Å². The van der Waals surface area contributed by atoms with Gasteiger partial charge in [-0.25, -0.2) is 10.1 Å². The number of hydrazone groups is 1. The molecule has 32 heavy (non-hydrogen) atoms. The minimum atomic E-state index is -0.292. The van der Waals surface area contributed by atoms with Gasteiger partial charge < -0.3 is 0 Å². The fourth-order valence-electron chi connectivity index (χ4n) is 3.07. The number of nitrogens with one attached hydrogen (secondary N) is 1. The van der Waals surface area contributed by atoms with Gasteiger partial charge in [0, 0.05) is 22.9 Å². The lowest BCUT2D eigenvalue weighted by Crippen LogP contribution is -2.17. The van der Waals surface area contributed by atoms with Crippen LogP contribution in [0.3, 0.4) is 0 Å². The van der Waals surface area contributed by atoms with Gasteiger partial charge in [-0.05, 0) is 57.2 Å². The molecule has 0 spiro atoms. The Bertz CT molecular complexity index is 1250. The van der Waals surface area contributed by atoms with E-state index in [1.165, 1.54) is 11.1 Å². The predicted molar refractivity (Wildman–Crippen MR) is 128 cm³/mol. The van der Waals surface area contributed by atoms with E-state index in [1.54, 1.807) is 42.5 Å². The Kier molecular flexibility index (Phi) is 6.47. The van der Waals surface area contributed by atoms with Gasteiger partial charge in [0.05, 0.1) is 23.2 Å². The normalized spacial score (nSPS) is 11.1. The first-order chi connectivity index (χ1) is 15.5. The molecule has 0 saturated heterocycles. The van der Waals surface area contributed by atoms with E-state index in [-0.39, 0.29) is 5.91 Å². The molecular formula is C25H23N5OS. The van der Waals surface area contributed by atoms with Gasteiger partial charge in [-0.2, -0.15) is 10.2 Å². The number of pyridine rings is 1. The van der Waals surface area contributed by atoms with Crippen LogP contribution in [0.25, 0.3) is 5.69 Å². The second-order valence-electron chi connectivity index (χ2n) is 7.40. The van der Waals surface area contributed by atoms with Crippen molar-refractivity contribution in [1.82, 2.24) is 20.2 Å². The van der Waals surface area contributed by atoms with Crippen LogP contribution < -0.4 is 5.43 Å². The molecule has 0 bridgehead atoms. The molecule has 0 atom stereocenters. The third-order valence-electron chi connectivity index (χ3n) is 4.88. The van der Waals surface area contributed by atoms with E-state index in [0.717, 1.165) is 26.9 Å². The number of hydrogen-bond donors (Lipinski definition) is 1. The number of carbonyl (C=O) groups excluding carboxylic acids is 1. The van der Waals surface area contributed by atoms with Crippen LogP contribution in [0.1, 0.15) is 32.7 Å². The van der Waals surface area contributed by atoms with E-state index in [2.05, 4.69) is 65.8 Å². The third-order valence-corrected chi connectivity index (χ3v) is 5.97. The zero-order chi connectivity index (χ0) is 22.5. The van der Waals surface area contributed by atoms with Crippen LogP contribution >= 0.6 is 11.8 Å². The molecule has 2 aromatic heterocycles. The van der Waals surface area contributed by atoms with Crippen molar-refractivity contribution in [3.63, 3.8) is 0 Å². The Morgan fingerprint density at radius 1 is 0.938 bits per heavy atom. The second kappa shape index (κ2) is 9.62. The standard InChI is InChI=1S/C25H23N5OS/c1-17-4-8-21(9-5-17)30-25(32-22-10-6-18(2)7-11-22)23(19(3)29-30)16-27-28-24(31)20-12-14-26-15-13-20/h4-16H,1-3H3,(H,28,31)/b27-16+. The van der Waals surface area contributed by atoms with Crippen molar-refractivity contribution in [2.45, 2.75) is 30.7 Å². The minimum Gasteiger partial charge on any atom is -0.267 e. The van der Waals surface area contributed by atoms with Crippen LogP contribution in [-0.2, 0) is 0 Å². The zero-order valence-electron chi connectivity index (χ0n) is 18.1. The fraction of sp³-hybridized carbons (Fsp3) is 0.120. The average Bonchev–Trinajstić information content (AvgIpc) is 3.11. The first-order valence-electron chi connectivity index (χ1n) is 10.2. The van der Waals surface area contributed by atoms with Crippen LogP contribution in [0.15, 0.2) is 88.1 Å². The molecule has 1 amide bonds. The number of nitrogens with zero attached hydrogens (tertiary/aromatic N) is 4. The van der Waals surface area contributed by atoms with Crippen molar-refractivity contribution in [3.8, 4) is 5.69 Å². The molecule has 6 nitrogen and oxygen atoms in total. The summed E-state index contributed by atoms with van der Waals surface area (Å²) in [6.07, 6.45) is 4.80. The second-order valence-corrected chi connectivity index (χ2v) is 8.46. The molecule has 0 fully saturated rings. The van der Waals surface area contributed by atoms with Crippen LogP contribution in [0, 0.1) is 20.8 Å². The third kappa shape index (κ3) is 4.95. The highest BCUT2D eigenvalue weighted by Crippen LogP contribution is 2.33. The predicted octanol–water partition coefficient (Wildman–Crippen LogP) is 5.11. The summed E-state index contributed by atoms with van der Waals surface area (Å²) in [5, 5.41) is 9.90. The summed E-state index contributed by atoms with van der Waals surface area (Å²) in [7, 11) is 0. The number of carbonyl (C=O) groups is 1. The zero-order valence-corrected chi connectivity index (χ0v) is 18.9. The van der Waals surface area contributed by atoms with Crippen LogP contribution in [0.2, 0.25) is 0 Å². The van der Waals surface area contributed by atoms with Crippen molar-refractivity contribution in [2.75, 3.05) is 0 Å². The van der Waals surface area contributed by atoms with Crippen LogP contribution in [0.4, 0.5) is 0 Å². The van der Waals surface area contributed by atoms with Gasteiger partial charge in [0.15, 0.2) is 0 Å². The Labute approximate surface area is 191 Å². The molecule has 0 saturated carbocycles. The molecular weight excluding hydrogens is 418 g/mol. The Balaban J connectivity index is 1.68. The number of aryl methyl sites for hydroxylation is 3. The number of aromatic nitrogens is 3. The highest BCUT2D eigenvalue weighted by molar-refractivity contribution is 7.99. The molecule has 4 aromatic rings. The maximum atomic E-state index is 12.3. The molecule has 0 aliphatic heterocycles. The quantitative estimate of drug-likeness (QED) is 0.333. The molecule has 2 heterocycles. The first kappa shape index (κ1) is 21.5. The molecule has 4 rings (SSSR count). The summed E-state index contributed by atoms with van der Waals surface area (Å²) in [5.41, 5.74) is 8.12. The van der Waals surface area contributed by atoms with Gasteiger partial charge in [-0.1, -0.05) is 47.2 Å². The van der Waals surface area contributed by atoms with Gasteiger partial charge >= 0.3 is 0 Å². The average molecular weight is 442 g/mol.